The van der Waals surface area contributed by atoms with Gasteiger partial charge in [-0.25, -0.2) is 9.78 Å². The molecule has 84 valence electrons. The van der Waals surface area contributed by atoms with E-state index in [1.807, 2.05) is 18.2 Å². The third-order valence-electron chi connectivity index (χ3n) is 2.44. The van der Waals surface area contributed by atoms with Gasteiger partial charge in [-0.2, -0.15) is 5.10 Å². The lowest BCUT2D eigenvalue weighted by atomic mass is 10.1. The first-order valence-corrected chi connectivity index (χ1v) is 5.75. The van der Waals surface area contributed by atoms with Crippen LogP contribution in [0.1, 0.15) is 10.5 Å². The van der Waals surface area contributed by atoms with Gasteiger partial charge in [0.15, 0.2) is 0 Å². The number of nitrogens with zero attached hydrogens (tertiary/aromatic N) is 2. The van der Waals surface area contributed by atoms with Crippen LogP contribution in [0, 0.1) is 0 Å². The van der Waals surface area contributed by atoms with Gasteiger partial charge in [-0.15, -0.1) is 11.3 Å². The molecule has 0 saturated carbocycles. The predicted octanol–water partition coefficient (Wildman–Crippen LogP) is 2.38. The number of hydrogen-bond acceptors (Lipinski definition) is 4. The molecule has 3 aromatic rings. The van der Waals surface area contributed by atoms with Gasteiger partial charge in [0, 0.05) is 5.56 Å². The van der Waals surface area contributed by atoms with Crippen LogP contribution in [0.5, 0.6) is 0 Å². The van der Waals surface area contributed by atoms with Gasteiger partial charge in [0.25, 0.3) is 0 Å². The standard InChI is InChI=1S/C11H7N3O2S/c15-11(16)9-4-8(13-14-9)6-2-1-3-7-10(6)17-5-12-7/h1-5H,(H,13,14)(H,15,16). The van der Waals surface area contributed by atoms with E-state index < -0.39 is 5.97 Å². The molecule has 0 aliphatic carbocycles. The molecule has 1 aromatic carbocycles. The number of thiazole rings is 1. The van der Waals surface area contributed by atoms with E-state index in [1.165, 1.54) is 17.4 Å². The summed E-state index contributed by atoms with van der Waals surface area (Å²) < 4.78 is 1.01. The van der Waals surface area contributed by atoms with Crippen molar-refractivity contribution in [3.63, 3.8) is 0 Å². The number of nitrogens with one attached hydrogen (secondary N) is 1. The molecule has 3 rings (SSSR count). The Morgan fingerprint density at radius 2 is 2.29 bits per heavy atom. The number of aromatic amines is 1. The van der Waals surface area contributed by atoms with Crippen molar-refractivity contribution in [2.75, 3.05) is 0 Å². The summed E-state index contributed by atoms with van der Waals surface area (Å²) in [6, 6.07) is 7.23. The van der Waals surface area contributed by atoms with Crippen LogP contribution in [0.3, 0.4) is 0 Å². The molecule has 0 fully saturated rings. The zero-order valence-corrected chi connectivity index (χ0v) is 9.36. The molecule has 0 saturated heterocycles. The van der Waals surface area contributed by atoms with E-state index >= 15 is 0 Å². The lowest BCUT2D eigenvalue weighted by molar-refractivity contribution is 0.0690. The normalized spacial score (nSPS) is 10.8. The molecule has 0 aliphatic rings. The topological polar surface area (TPSA) is 78.9 Å². The van der Waals surface area contributed by atoms with Crippen molar-refractivity contribution in [2.24, 2.45) is 0 Å². The minimum absolute atomic E-state index is 0.0847. The van der Waals surface area contributed by atoms with Crippen LogP contribution in [0.2, 0.25) is 0 Å². The van der Waals surface area contributed by atoms with E-state index in [1.54, 1.807) is 5.51 Å². The Morgan fingerprint density at radius 1 is 1.41 bits per heavy atom. The van der Waals surface area contributed by atoms with E-state index in [2.05, 4.69) is 15.2 Å². The first-order valence-electron chi connectivity index (χ1n) is 4.87. The highest BCUT2D eigenvalue weighted by atomic mass is 32.1. The van der Waals surface area contributed by atoms with Gasteiger partial charge in [0.2, 0.25) is 0 Å². The van der Waals surface area contributed by atoms with Gasteiger partial charge in [-0.1, -0.05) is 12.1 Å². The number of carbonyl (C=O) groups is 1. The third-order valence-corrected chi connectivity index (χ3v) is 3.32. The van der Waals surface area contributed by atoms with Crippen molar-refractivity contribution in [1.29, 1.82) is 0 Å². The van der Waals surface area contributed by atoms with E-state index in [-0.39, 0.29) is 5.69 Å². The fourth-order valence-corrected chi connectivity index (χ4v) is 2.47. The van der Waals surface area contributed by atoms with Crippen molar-refractivity contribution in [1.82, 2.24) is 15.2 Å². The first-order chi connectivity index (χ1) is 8.25. The Morgan fingerprint density at radius 3 is 3.06 bits per heavy atom. The average molecular weight is 245 g/mol. The molecule has 5 nitrogen and oxygen atoms in total. The molecule has 2 aromatic heterocycles. The molecule has 17 heavy (non-hydrogen) atoms. The Labute approximate surface area is 99.7 Å². The monoisotopic (exact) mass is 245 g/mol. The average Bonchev–Trinajstić information content (AvgIpc) is 2.97. The zero-order chi connectivity index (χ0) is 11.8. The summed E-state index contributed by atoms with van der Waals surface area (Å²) >= 11 is 1.51. The fourth-order valence-electron chi connectivity index (χ4n) is 1.66. The number of fused-ring (bicyclic) bond motifs is 1. The molecule has 0 aliphatic heterocycles. The predicted molar refractivity (Wildman–Crippen MR) is 64.2 cm³/mol. The smallest absolute Gasteiger partial charge is 0.353 e. The summed E-state index contributed by atoms with van der Waals surface area (Å²) in [5, 5.41) is 15.3. The number of hydrogen-bond donors (Lipinski definition) is 2. The number of aromatic nitrogens is 3. The van der Waals surface area contributed by atoms with Crippen molar-refractivity contribution in [3.05, 3.63) is 35.5 Å². The highest BCUT2D eigenvalue weighted by Crippen LogP contribution is 2.29. The number of H-pyrrole nitrogens is 1. The van der Waals surface area contributed by atoms with Gasteiger partial charge in [0.1, 0.15) is 5.69 Å². The van der Waals surface area contributed by atoms with E-state index in [4.69, 9.17) is 5.11 Å². The van der Waals surface area contributed by atoms with E-state index in [9.17, 15) is 4.79 Å². The molecule has 0 bridgehead atoms. The van der Waals surface area contributed by atoms with Crippen LogP contribution in [0.15, 0.2) is 29.8 Å². The number of aromatic carboxylic acids is 1. The Balaban J connectivity index is 2.19. The number of carboxylic acid groups (broad SMARTS) is 1. The van der Waals surface area contributed by atoms with Crippen molar-refractivity contribution in [2.45, 2.75) is 0 Å². The van der Waals surface area contributed by atoms with Gasteiger partial charge in [-0.05, 0) is 12.1 Å². The maximum Gasteiger partial charge on any atom is 0.353 e. The van der Waals surface area contributed by atoms with Crippen LogP contribution in [0.25, 0.3) is 21.5 Å². The number of carboxylic acids is 1. The third kappa shape index (κ3) is 1.58. The van der Waals surface area contributed by atoms with E-state index in [0.717, 1.165) is 15.8 Å². The molecular formula is C11H7N3O2S. The lowest BCUT2D eigenvalue weighted by Gasteiger charge is -1.96. The summed E-state index contributed by atoms with van der Waals surface area (Å²) in [5.41, 5.74) is 4.26. The Bertz CT molecular complexity index is 701. The zero-order valence-electron chi connectivity index (χ0n) is 8.54. The lowest BCUT2D eigenvalue weighted by Crippen LogP contribution is -1.95. The van der Waals surface area contributed by atoms with Gasteiger partial charge in [0.05, 0.1) is 21.4 Å². The molecule has 6 heteroatoms. The van der Waals surface area contributed by atoms with Gasteiger partial charge < -0.3 is 5.11 Å². The van der Waals surface area contributed by atoms with Crippen molar-refractivity contribution in [3.8, 4) is 11.3 Å². The molecule has 0 radical (unpaired) electrons. The number of rotatable bonds is 2. The maximum absolute atomic E-state index is 10.8. The summed E-state index contributed by atoms with van der Waals surface area (Å²) in [4.78, 5) is 15.0. The van der Waals surface area contributed by atoms with Crippen LogP contribution in [-0.4, -0.2) is 26.3 Å². The van der Waals surface area contributed by atoms with Crippen LogP contribution in [0.4, 0.5) is 0 Å². The van der Waals surface area contributed by atoms with Crippen molar-refractivity contribution < 1.29 is 9.90 Å². The maximum atomic E-state index is 10.8. The summed E-state index contributed by atoms with van der Waals surface area (Å²) in [6.07, 6.45) is 0. The molecule has 0 spiro atoms. The number of benzene rings is 1. The summed E-state index contributed by atoms with van der Waals surface area (Å²) in [6.45, 7) is 0. The molecule has 0 unspecified atom stereocenters. The minimum atomic E-state index is -1.01. The molecular weight excluding hydrogens is 238 g/mol. The fraction of sp³-hybridized carbons (Fsp3) is 0. The van der Waals surface area contributed by atoms with Gasteiger partial charge >= 0.3 is 5.97 Å². The largest absolute Gasteiger partial charge is 0.477 e. The van der Waals surface area contributed by atoms with Crippen molar-refractivity contribution >= 4 is 27.5 Å². The SMILES string of the molecule is O=C(O)c1cc(-c2cccc3ncsc23)n[nH]1. The minimum Gasteiger partial charge on any atom is -0.477 e. The molecule has 2 heterocycles. The van der Waals surface area contributed by atoms with Crippen LogP contribution in [-0.2, 0) is 0 Å². The second-order valence-electron chi connectivity index (χ2n) is 3.48. The summed E-state index contributed by atoms with van der Waals surface area (Å²) in [5.74, 6) is -1.01. The van der Waals surface area contributed by atoms with Crippen LogP contribution < -0.4 is 0 Å². The highest BCUT2D eigenvalue weighted by molar-refractivity contribution is 7.17. The Kier molecular flexibility index (Phi) is 2.15. The second-order valence-corrected chi connectivity index (χ2v) is 4.33. The van der Waals surface area contributed by atoms with Gasteiger partial charge in [-0.3, -0.25) is 5.10 Å². The first kappa shape index (κ1) is 9.98. The molecule has 0 amide bonds. The quantitative estimate of drug-likeness (QED) is 0.726. The summed E-state index contributed by atoms with van der Waals surface area (Å²) in [7, 11) is 0. The highest BCUT2D eigenvalue weighted by Gasteiger charge is 2.12. The molecule has 2 N–H and O–H groups in total. The van der Waals surface area contributed by atoms with E-state index in [0.29, 0.717) is 5.69 Å². The molecule has 0 atom stereocenters. The second kappa shape index (κ2) is 3.67. The van der Waals surface area contributed by atoms with Crippen LogP contribution >= 0.6 is 11.3 Å². The Hall–Kier alpha value is -2.21.